The zero-order chi connectivity index (χ0) is 8.97. The van der Waals surface area contributed by atoms with Crippen LogP contribution in [-0.2, 0) is 19.2 Å². The second-order valence-electron chi connectivity index (χ2n) is 2.41. The second-order valence-corrected chi connectivity index (χ2v) is 2.41. The fraction of sp³-hybridized carbons (Fsp3) is 0.714. The van der Waals surface area contributed by atoms with Crippen LogP contribution in [0.1, 0.15) is 12.8 Å². The van der Waals surface area contributed by atoms with Gasteiger partial charge in [-0.05, 0) is 0 Å². The number of hydrogen-bond donors (Lipinski definition) is 0. The van der Waals surface area contributed by atoms with Gasteiger partial charge < -0.3 is 4.74 Å². The molecule has 0 aromatic heterocycles. The van der Waals surface area contributed by atoms with Gasteiger partial charge in [0.15, 0.2) is 0 Å². The van der Waals surface area contributed by atoms with Crippen LogP contribution in [0, 0.1) is 0 Å². The lowest BCUT2D eigenvalue weighted by Crippen LogP contribution is -2.30. The number of carbonyl (C=O) groups is 2. The van der Waals surface area contributed by atoms with E-state index in [9.17, 15) is 9.59 Å². The Balaban J connectivity index is 2.30. The minimum absolute atomic E-state index is 0.230. The zero-order valence-corrected chi connectivity index (χ0v) is 6.91. The van der Waals surface area contributed by atoms with Crippen LogP contribution in [0.5, 0.6) is 0 Å². The van der Waals surface area contributed by atoms with Crippen LogP contribution in [0.3, 0.4) is 0 Å². The van der Waals surface area contributed by atoms with E-state index >= 15 is 0 Å². The fourth-order valence-corrected chi connectivity index (χ4v) is 0.912. The Hall–Kier alpha value is -0.940. The summed E-state index contributed by atoms with van der Waals surface area (Å²) in [5.41, 5.74) is 0. The molecule has 0 unspecified atom stereocenters. The largest absolute Gasteiger partial charge is 0.382 e. The first-order chi connectivity index (χ1) is 5.75. The van der Waals surface area contributed by atoms with Gasteiger partial charge in [-0.15, -0.1) is 0 Å². The third-order valence-electron chi connectivity index (χ3n) is 1.51. The number of rotatable bonds is 4. The molecule has 0 spiro atoms. The summed E-state index contributed by atoms with van der Waals surface area (Å²) in [4.78, 5) is 26.7. The molecular formula is C7H11NO4. The predicted molar refractivity (Wildman–Crippen MR) is 38.9 cm³/mol. The molecule has 1 aliphatic rings. The smallest absolute Gasteiger partial charge is 0.253 e. The average molecular weight is 173 g/mol. The topological polar surface area (TPSA) is 55.8 Å². The van der Waals surface area contributed by atoms with Crippen LogP contribution in [0.25, 0.3) is 0 Å². The monoisotopic (exact) mass is 173 g/mol. The van der Waals surface area contributed by atoms with Gasteiger partial charge in [0.25, 0.3) is 11.8 Å². The van der Waals surface area contributed by atoms with Crippen molar-refractivity contribution in [3.8, 4) is 0 Å². The Morgan fingerprint density at radius 1 is 1.25 bits per heavy atom. The van der Waals surface area contributed by atoms with Crippen LogP contribution in [-0.4, -0.2) is 37.2 Å². The molecular weight excluding hydrogens is 162 g/mol. The Kier molecular flexibility index (Phi) is 3.19. The SMILES string of the molecule is COCCON1C(=O)CCC1=O. The van der Waals surface area contributed by atoms with Crippen molar-refractivity contribution in [2.45, 2.75) is 12.8 Å². The molecule has 0 saturated carbocycles. The highest BCUT2D eigenvalue weighted by Gasteiger charge is 2.29. The number of imide groups is 1. The van der Waals surface area contributed by atoms with Gasteiger partial charge in [0, 0.05) is 20.0 Å². The minimum Gasteiger partial charge on any atom is -0.382 e. The van der Waals surface area contributed by atoms with Crippen molar-refractivity contribution in [3.63, 3.8) is 0 Å². The maximum atomic E-state index is 10.9. The molecule has 0 aliphatic carbocycles. The van der Waals surface area contributed by atoms with E-state index in [1.165, 1.54) is 7.11 Å². The van der Waals surface area contributed by atoms with Gasteiger partial charge in [-0.25, -0.2) is 0 Å². The first-order valence-corrected chi connectivity index (χ1v) is 3.73. The Labute approximate surface area is 70.2 Å². The molecule has 5 nitrogen and oxygen atoms in total. The molecule has 1 rings (SSSR count). The van der Waals surface area contributed by atoms with Crippen LogP contribution in [0.2, 0.25) is 0 Å². The summed E-state index contributed by atoms with van der Waals surface area (Å²) in [7, 11) is 1.52. The van der Waals surface area contributed by atoms with Crippen molar-refractivity contribution < 1.29 is 19.2 Å². The molecule has 12 heavy (non-hydrogen) atoms. The van der Waals surface area contributed by atoms with Crippen molar-refractivity contribution in [3.05, 3.63) is 0 Å². The molecule has 0 aromatic carbocycles. The lowest BCUT2D eigenvalue weighted by molar-refractivity contribution is -0.190. The van der Waals surface area contributed by atoms with Gasteiger partial charge in [0.05, 0.1) is 13.2 Å². The van der Waals surface area contributed by atoms with Crippen LogP contribution < -0.4 is 0 Å². The van der Waals surface area contributed by atoms with E-state index in [4.69, 9.17) is 9.57 Å². The van der Waals surface area contributed by atoms with Gasteiger partial charge in [0.2, 0.25) is 0 Å². The van der Waals surface area contributed by atoms with Crippen LogP contribution in [0.4, 0.5) is 0 Å². The number of nitrogens with zero attached hydrogens (tertiary/aromatic N) is 1. The average Bonchev–Trinajstić information content (AvgIpc) is 2.35. The standard InChI is InChI=1S/C7H11NO4/c1-11-4-5-12-8-6(9)2-3-7(8)10/h2-5H2,1H3. The lowest BCUT2D eigenvalue weighted by Gasteiger charge is -2.12. The quantitative estimate of drug-likeness (QED) is 0.433. The van der Waals surface area contributed by atoms with Crippen molar-refractivity contribution >= 4 is 11.8 Å². The summed E-state index contributed by atoms with van der Waals surface area (Å²) in [5, 5.41) is 0.818. The Bertz CT molecular complexity index is 176. The van der Waals surface area contributed by atoms with E-state index in [-0.39, 0.29) is 31.3 Å². The highest BCUT2D eigenvalue weighted by Crippen LogP contribution is 2.11. The molecule has 68 valence electrons. The van der Waals surface area contributed by atoms with E-state index in [1.807, 2.05) is 0 Å². The van der Waals surface area contributed by atoms with E-state index < -0.39 is 0 Å². The van der Waals surface area contributed by atoms with Gasteiger partial charge in [-0.3, -0.25) is 14.4 Å². The first-order valence-electron chi connectivity index (χ1n) is 3.73. The third kappa shape index (κ3) is 2.02. The number of amides is 2. The number of ether oxygens (including phenoxy) is 1. The van der Waals surface area contributed by atoms with Gasteiger partial charge in [0.1, 0.15) is 0 Å². The maximum absolute atomic E-state index is 10.9. The van der Waals surface area contributed by atoms with E-state index in [2.05, 4.69) is 0 Å². The lowest BCUT2D eigenvalue weighted by atomic mass is 10.4. The third-order valence-corrected chi connectivity index (χ3v) is 1.51. The molecule has 0 radical (unpaired) electrons. The summed E-state index contributed by atoms with van der Waals surface area (Å²) in [5.74, 6) is -0.535. The van der Waals surface area contributed by atoms with Crippen LogP contribution in [0.15, 0.2) is 0 Å². The molecule has 1 saturated heterocycles. The van der Waals surface area contributed by atoms with E-state index in [1.54, 1.807) is 0 Å². The summed E-state index contributed by atoms with van der Waals surface area (Å²) >= 11 is 0. The van der Waals surface area contributed by atoms with E-state index in [0.717, 1.165) is 5.06 Å². The van der Waals surface area contributed by atoms with Crippen molar-refractivity contribution in [2.24, 2.45) is 0 Å². The minimum atomic E-state index is -0.267. The zero-order valence-electron chi connectivity index (χ0n) is 6.91. The second kappa shape index (κ2) is 4.18. The molecule has 1 aliphatic heterocycles. The van der Waals surface area contributed by atoms with E-state index in [0.29, 0.717) is 6.61 Å². The normalized spacial score (nSPS) is 17.6. The molecule has 0 aromatic rings. The summed E-state index contributed by atoms with van der Waals surface area (Å²) in [6.45, 7) is 0.602. The number of hydroxylamine groups is 2. The molecule has 5 heteroatoms. The number of hydrogen-bond acceptors (Lipinski definition) is 4. The highest BCUT2D eigenvalue weighted by molar-refractivity contribution is 6.00. The fourth-order valence-electron chi connectivity index (χ4n) is 0.912. The Morgan fingerprint density at radius 2 is 1.83 bits per heavy atom. The predicted octanol–water partition coefficient (Wildman–Crippen LogP) is -0.287. The van der Waals surface area contributed by atoms with Gasteiger partial charge >= 0.3 is 0 Å². The number of methoxy groups -OCH3 is 1. The first kappa shape index (κ1) is 9.15. The van der Waals surface area contributed by atoms with Crippen molar-refractivity contribution in [2.75, 3.05) is 20.3 Å². The van der Waals surface area contributed by atoms with Gasteiger partial charge in [-0.2, -0.15) is 5.06 Å². The van der Waals surface area contributed by atoms with Gasteiger partial charge in [-0.1, -0.05) is 0 Å². The molecule has 0 N–H and O–H groups in total. The Morgan fingerprint density at radius 3 is 2.33 bits per heavy atom. The highest BCUT2D eigenvalue weighted by atomic mass is 16.7. The molecule has 2 amide bonds. The molecule has 0 bridgehead atoms. The van der Waals surface area contributed by atoms with Crippen LogP contribution >= 0.6 is 0 Å². The molecule has 1 heterocycles. The van der Waals surface area contributed by atoms with Crippen molar-refractivity contribution in [1.29, 1.82) is 0 Å². The van der Waals surface area contributed by atoms with Crippen molar-refractivity contribution in [1.82, 2.24) is 5.06 Å². The summed E-state index contributed by atoms with van der Waals surface area (Å²) in [6, 6.07) is 0. The molecule has 1 fully saturated rings. The summed E-state index contributed by atoms with van der Waals surface area (Å²) in [6.07, 6.45) is 0.512. The maximum Gasteiger partial charge on any atom is 0.253 e. The molecule has 0 atom stereocenters. The summed E-state index contributed by atoms with van der Waals surface area (Å²) < 4.78 is 4.70. The number of carbonyl (C=O) groups excluding carboxylic acids is 2.